The molecule has 0 bridgehead atoms. The highest BCUT2D eigenvalue weighted by molar-refractivity contribution is 9.08. The van der Waals surface area contributed by atoms with Gasteiger partial charge in [0, 0.05) is 6.92 Å². The summed E-state index contributed by atoms with van der Waals surface area (Å²) in [6.07, 6.45) is 0. The molecule has 44 valence electrons. The van der Waals surface area contributed by atoms with Crippen molar-refractivity contribution in [2.75, 3.05) is 5.83 Å². The van der Waals surface area contributed by atoms with E-state index in [1.165, 1.54) is 0 Å². The van der Waals surface area contributed by atoms with Crippen LogP contribution in [0.5, 0.6) is 0 Å². The standard InChI is InChI=1S/C2H4O3.CH3Br/c1-2(3)5-4;1-2/h4H,1H3;1H3. The maximum atomic E-state index is 9.34. The Hall–Kier alpha value is -0.0900. The molecule has 0 saturated carbocycles. The van der Waals surface area contributed by atoms with Crippen molar-refractivity contribution in [3.8, 4) is 0 Å². The van der Waals surface area contributed by atoms with Crippen molar-refractivity contribution < 1.29 is 14.9 Å². The Bertz CT molecular complexity index is 45.4. The van der Waals surface area contributed by atoms with E-state index < -0.39 is 5.97 Å². The number of carbonyl (C=O) groups excluding carboxylic acids is 1. The van der Waals surface area contributed by atoms with E-state index >= 15 is 0 Å². The first-order valence-corrected chi connectivity index (χ1v) is 3.05. The van der Waals surface area contributed by atoms with Gasteiger partial charge in [0.1, 0.15) is 0 Å². The van der Waals surface area contributed by atoms with Crippen molar-refractivity contribution in [3.05, 3.63) is 0 Å². The minimum absolute atomic E-state index is 0.690. The lowest BCUT2D eigenvalue weighted by Crippen LogP contribution is -1.89. The molecule has 0 aromatic rings. The molecule has 4 heteroatoms. The molecule has 0 aliphatic rings. The molecule has 0 rings (SSSR count). The van der Waals surface area contributed by atoms with Crippen LogP contribution in [0, 0.1) is 0 Å². The van der Waals surface area contributed by atoms with Crippen LogP contribution in [0.2, 0.25) is 0 Å². The molecule has 0 atom stereocenters. The van der Waals surface area contributed by atoms with E-state index in [0.29, 0.717) is 0 Å². The minimum atomic E-state index is -0.690. The maximum Gasteiger partial charge on any atom is 0.339 e. The lowest BCUT2D eigenvalue weighted by atomic mass is 10.9. The largest absolute Gasteiger partial charge is 0.339 e. The zero-order valence-corrected chi connectivity index (χ0v) is 5.73. The molecule has 0 fully saturated rings. The minimum Gasteiger partial charge on any atom is -0.301 e. The van der Waals surface area contributed by atoms with Gasteiger partial charge in [-0.15, -0.1) is 0 Å². The quantitative estimate of drug-likeness (QED) is 0.336. The van der Waals surface area contributed by atoms with Crippen LogP contribution in [-0.2, 0) is 9.68 Å². The van der Waals surface area contributed by atoms with Gasteiger partial charge in [-0.05, 0) is 5.83 Å². The number of hydrogen-bond donors (Lipinski definition) is 1. The monoisotopic (exact) mass is 170 g/mol. The second kappa shape index (κ2) is 9.32. The van der Waals surface area contributed by atoms with Crippen LogP contribution >= 0.6 is 15.9 Å². The molecule has 0 aromatic heterocycles. The molecule has 0 aromatic carbocycles. The molecule has 0 heterocycles. The first-order chi connectivity index (χ1) is 3.27. The van der Waals surface area contributed by atoms with Crippen molar-refractivity contribution in [3.63, 3.8) is 0 Å². The van der Waals surface area contributed by atoms with E-state index in [2.05, 4.69) is 20.8 Å². The van der Waals surface area contributed by atoms with E-state index in [1.807, 2.05) is 5.83 Å². The maximum absolute atomic E-state index is 9.34. The molecule has 7 heavy (non-hydrogen) atoms. The third-order valence-electron chi connectivity index (χ3n) is 0.129. The summed E-state index contributed by atoms with van der Waals surface area (Å²) in [6, 6.07) is 0. The van der Waals surface area contributed by atoms with Gasteiger partial charge in [-0.1, -0.05) is 15.9 Å². The summed E-state index contributed by atoms with van der Waals surface area (Å²) >= 11 is 2.94. The van der Waals surface area contributed by atoms with Crippen molar-refractivity contribution in [2.24, 2.45) is 0 Å². The van der Waals surface area contributed by atoms with Gasteiger partial charge in [-0.3, -0.25) is 0 Å². The molecule has 1 N–H and O–H groups in total. The molecular formula is C3H7BrO3. The zero-order valence-electron chi connectivity index (χ0n) is 4.14. The summed E-state index contributed by atoms with van der Waals surface area (Å²) in [5, 5.41) is 7.29. The van der Waals surface area contributed by atoms with Gasteiger partial charge in [-0.25, -0.2) is 4.79 Å². The average Bonchev–Trinajstić information content (AvgIpc) is 1.73. The predicted molar refractivity (Wildman–Crippen MR) is 29.2 cm³/mol. The Balaban J connectivity index is 0. The predicted octanol–water partition coefficient (Wildman–Crippen LogP) is 1.03. The smallest absolute Gasteiger partial charge is 0.301 e. The number of hydrogen-bond acceptors (Lipinski definition) is 3. The van der Waals surface area contributed by atoms with Crippen molar-refractivity contribution in [2.45, 2.75) is 6.92 Å². The van der Waals surface area contributed by atoms with Gasteiger partial charge in [0.2, 0.25) is 0 Å². The summed E-state index contributed by atoms with van der Waals surface area (Å²) in [6.45, 7) is 1.11. The van der Waals surface area contributed by atoms with E-state index in [9.17, 15) is 4.79 Å². The van der Waals surface area contributed by atoms with E-state index in [-0.39, 0.29) is 0 Å². The number of alkyl halides is 1. The second-order valence-electron chi connectivity index (χ2n) is 0.583. The van der Waals surface area contributed by atoms with Gasteiger partial charge >= 0.3 is 5.97 Å². The van der Waals surface area contributed by atoms with Gasteiger partial charge < -0.3 is 4.89 Å². The van der Waals surface area contributed by atoms with E-state index in [1.54, 1.807) is 0 Å². The molecule has 0 saturated heterocycles. The highest BCUT2D eigenvalue weighted by Crippen LogP contribution is 1.59. The lowest BCUT2D eigenvalue weighted by Gasteiger charge is -1.76. The molecule has 0 unspecified atom stereocenters. The van der Waals surface area contributed by atoms with Crippen LogP contribution in [0.1, 0.15) is 6.92 Å². The van der Waals surface area contributed by atoms with Crippen LogP contribution in [0.3, 0.4) is 0 Å². The van der Waals surface area contributed by atoms with Crippen LogP contribution < -0.4 is 0 Å². The fourth-order valence-electron chi connectivity index (χ4n) is 0. The Morgan fingerprint density at radius 2 is 1.86 bits per heavy atom. The summed E-state index contributed by atoms with van der Waals surface area (Å²) in [5.74, 6) is 1.12. The summed E-state index contributed by atoms with van der Waals surface area (Å²) in [5.41, 5.74) is 0. The fraction of sp³-hybridized carbons (Fsp3) is 0.667. The molecule has 0 aliphatic carbocycles. The van der Waals surface area contributed by atoms with Gasteiger partial charge in [0.25, 0.3) is 0 Å². The Morgan fingerprint density at radius 1 is 1.71 bits per heavy atom. The first-order valence-electron chi connectivity index (χ1n) is 1.47. The molecule has 0 aliphatic heterocycles. The summed E-state index contributed by atoms with van der Waals surface area (Å²) in [7, 11) is 0. The normalized spacial score (nSPS) is 5.71. The molecule has 3 nitrogen and oxygen atoms in total. The summed E-state index contributed by atoms with van der Waals surface area (Å²) < 4.78 is 0. The molecular weight excluding hydrogens is 164 g/mol. The molecule has 0 radical (unpaired) electrons. The topological polar surface area (TPSA) is 46.5 Å². The lowest BCUT2D eigenvalue weighted by molar-refractivity contribution is -0.231. The van der Waals surface area contributed by atoms with Gasteiger partial charge in [-0.2, -0.15) is 5.26 Å². The SMILES string of the molecule is CBr.CC(=O)OO. The van der Waals surface area contributed by atoms with Crippen LogP contribution in [0.15, 0.2) is 0 Å². The number of halogens is 1. The first kappa shape index (κ1) is 10.0. The van der Waals surface area contributed by atoms with Crippen LogP contribution in [0.25, 0.3) is 0 Å². The third-order valence-corrected chi connectivity index (χ3v) is 0.129. The Morgan fingerprint density at radius 3 is 1.86 bits per heavy atom. The Labute approximate surface area is 50.3 Å². The van der Waals surface area contributed by atoms with Crippen LogP contribution in [0.4, 0.5) is 0 Å². The van der Waals surface area contributed by atoms with Crippen LogP contribution in [-0.4, -0.2) is 17.1 Å². The second-order valence-corrected chi connectivity index (χ2v) is 0.583. The fourth-order valence-corrected chi connectivity index (χ4v) is 0. The van der Waals surface area contributed by atoms with Gasteiger partial charge in [0.05, 0.1) is 0 Å². The number of carbonyl (C=O) groups is 1. The van der Waals surface area contributed by atoms with Crippen molar-refractivity contribution in [1.82, 2.24) is 0 Å². The molecule has 0 spiro atoms. The molecule has 0 amide bonds. The zero-order chi connectivity index (χ0) is 6.28. The highest BCUT2D eigenvalue weighted by atomic mass is 79.9. The van der Waals surface area contributed by atoms with Crippen molar-refractivity contribution >= 4 is 21.9 Å². The number of rotatable bonds is 0. The van der Waals surface area contributed by atoms with Gasteiger partial charge in [0.15, 0.2) is 0 Å². The van der Waals surface area contributed by atoms with E-state index in [4.69, 9.17) is 5.26 Å². The van der Waals surface area contributed by atoms with Crippen molar-refractivity contribution in [1.29, 1.82) is 0 Å². The average molecular weight is 171 g/mol. The highest BCUT2D eigenvalue weighted by Gasteiger charge is 1.79. The Kier molecular flexibility index (Phi) is 13.3. The third kappa shape index (κ3) is 24.8. The van der Waals surface area contributed by atoms with E-state index in [0.717, 1.165) is 6.92 Å². The summed E-state index contributed by atoms with van der Waals surface area (Å²) in [4.78, 5) is 12.5.